The van der Waals surface area contributed by atoms with Crippen LogP contribution in [0.4, 0.5) is 10.1 Å². The zero-order valence-corrected chi connectivity index (χ0v) is 13.3. The Labute approximate surface area is 141 Å². The van der Waals surface area contributed by atoms with Crippen LogP contribution in [-0.4, -0.2) is 15.5 Å². The summed E-state index contributed by atoms with van der Waals surface area (Å²) in [5.74, 6) is -0.810. The van der Waals surface area contributed by atoms with Crippen molar-refractivity contribution in [1.82, 2.24) is 9.55 Å². The monoisotopic (exact) mass is 345 g/mol. The number of anilines is 1. The fourth-order valence-corrected chi connectivity index (χ4v) is 2.51. The summed E-state index contributed by atoms with van der Waals surface area (Å²) < 4.78 is 14.4. The van der Waals surface area contributed by atoms with Gasteiger partial charge in [-0.25, -0.2) is 9.37 Å². The molecule has 0 bridgehead atoms. The summed E-state index contributed by atoms with van der Waals surface area (Å²) in [5.41, 5.74) is 0.738. The molecule has 5 nitrogen and oxygen atoms in total. The van der Waals surface area contributed by atoms with Crippen molar-refractivity contribution in [2.45, 2.75) is 13.0 Å². The molecule has 0 spiro atoms. The van der Waals surface area contributed by atoms with Gasteiger partial charge in [-0.15, -0.1) is 0 Å². The molecule has 0 aliphatic rings. The first-order chi connectivity index (χ1) is 11.5. The number of hydrogen-bond donors (Lipinski definition) is 1. The summed E-state index contributed by atoms with van der Waals surface area (Å²) in [6.07, 6.45) is 1.48. The molecule has 7 heteroatoms. The number of rotatable bonds is 4. The average Bonchev–Trinajstić information content (AvgIpc) is 2.57. The summed E-state index contributed by atoms with van der Waals surface area (Å²) >= 11 is 5.86. The molecule has 1 aromatic heterocycles. The molecule has 24 heavy (non-hydrogen) atoms. The molecule has 0 saturated carbocycles. The Kier molecular flexibility index (Phi) is 4.57. The molecular weight excluding hydrogens is 333 g/mol. The van der Waals surface area contributed by atoms with Gasteiger partial charge in [0.25, 0.3) is 5.56 Å². The van der Waals surface area contributed by atoms with Crippen LogP contribution < -0.4 is 10.9 Å². The van der Waals surface area contributed by atoms with Gasteiger partial charge in [0, 0.05) is 13.0 Å². The molecule has 1 amide bonds. The minimum absolute atomic E-state index is 0.0631. The molecule has 0 radical (unpaired) electrons. The normalized spacial score (nSPS) is 10.8. The van der Waals surface area contributed by atoms with Gasteiger partial charge in [0.1, 0.15) is 5.82 Å². The second-order valence-electron chi connectivity index (χ2n) is 5.18. The summed E-state index contributed by atoms with van der Waals surface area (Å²) in [6.45, 7) is 0.182. The van der Waals surface area contributed by atoms with Gasteiger partial charge in [-0.1, -0.05) is 23.7 Å². The molecule has 0 fully saturated rings. The van der Waals surface area contributed by atoms with Crippen LogP contribution in [0.15, 0.2) is 53.6 Å². The van der Waals surface area contributed by atoms with E-state index < -0.39 is 5.82 Å². The van der Waals surface area contributed by atoms with Gasteiger partial charge in [0.05, 0.1) is 27.9 Å². The number of carbonyl (C=O) groups is 1. The van der Waals surface area contributed by atoms with Crippen molar-refractivity contribution in [2.75, 3.05) is 5.32 Å². The number of aryl methyl sites for hydroxylation is 1. The minimum Gasteiger partial charge on any atom is -0.325 e. The van der Waals surface area contributed by atoms with Crippen molar-refractivity contribution < 1.29 is 9.18 Å². The Morgan fingerprint density at radius 2 is 2.04 bits per heavy atom. The number of para-hydroxylation sites is 1. The summed E-state index contributed by atoms with van der Waals surface area (Å²) in [6, 6.07) is 10.7. The molecule has 0 unspecified atom stereocenters. The molecule has 3 rings (SSSR count). The SMILES string of the molecule is O=C(CCn1cnc2ccccc2c1=O)Nc1ccc(F)cc1Cl. The number of fused-ring (bicyclic) bond motifs is 1. The third kappa shape index (κ3) is 3.44. The van der Waals surface area contributed by atoms with Crippen LogP contribution in [-0.2, 0) is 11.3 Å². The third-order valence-electron chi connectivity index (χ3n) is 3.52. The first-order valence-corrected chi connectivity index (χ1v) is 7.61. The lowest BCUT2D eigenvalue weighted by molar-refractivity contribution is -0.116. The van der Waals surface area contributed by atoms with Crippen LogP contribution in [0, 0.1) is 5.82 Å². The van der Waals surface area contributed by atoms with E-state index in [4.69, 9.17) is 11.6 Å². The Morgan fingerprint density at radius 1 is 1.25 bits per heavy atom. The lowest BCUT2D eigenvalue weighted by Gasteiger charge is -2.09. The van der Waals surface area contributed by atoms with Crippen LogP contribution in [0.5, 0.6) is 0 Å². The lowest BCUT2D eigenvalue weighted by Crippen LogP contribution is -2.23. The predicted molar refractivity (Wildman–Crippen MR) is 90.7 cm³/mol. The number of carbonyl (C=O) groups excluding carboxylic acids is 1. The molecule has 0 aliphatic heterocycles. The van der Waals surface area contributed by atoms with Gasteiger partial charge in [-0.3, -0.25) is 14.2 Å². The van der Waals surface area contributed by atoms with Crippen LogP contribution in [0.25, 0.3) is 10.9 Å². The average molecular weight is 346 g/mol. The quantitative estimate of drug-likeness (QED) is 0.789. The fourth-order valence-electron chi connectivity index (χ4n) is 2.29. The number of halogens is 2. The van der Waals surface area contributed by atoms with E-state index in [9.17, 15) is 14.0 Å². The van der Waals surface area contributed by atoms with E-state index in [1.54, 1.807) is 24.3 Å². The van der Waals surface area contributed by atoms with Crippen molar-refractivity contribution in [3.05, 3.63) is 70.0 Å². The largest absolute Gasteiger partial charge is 0.325 e. The van der Waals surface area contributed by atoms with Gasteiger partial charge in [0.15, 0.2) is 0 Å². The smallest absolute Gasteiger partial charge is 0.261 e. The van der Waals surface area contributed by atoms with E-state index in [2.05, 4.69) is 10.3 Å². The molecule has 0 saturated heterocycles. The Balaban J connectivity index is 1.70. The molecular formula is C17H13ClFN3O2. The number of nitrogens with zero attached hydrogens (tertiary/aromatic N) is 2. The number of aromatic nitrogens is 2. The topological polar surface area (TPSA) is 64.0 Å². The lowest BCUT2D eigenvalue weighted by atomic mass is 10.2. The molecule has 0 aliphatic carbocycles. The van der Waals surface area contributed by atoms with Crippen molar-refractivity contribution in [1.29, 1.82) is 0 Å². The molecule has 0 atom stereocenters. The van der Waals surface area contributed by atoms with Gasteiger partial charge >= 0.3 is 0 Å². The van der Waals surface area contributed by atoms with E-state index in [1.807, 2.05) is 0 Å². The molecule has 3 aromatic rings. The third-order valence-corrected chi connectivity index (χ3v) is 3.83. The second kappa shape index (κ2) is 6.80. The van der Waals surface area contributed by atoms with E-state index in [1.165, 1.54) is 23.0 Å². The van der Waals surface area contributed by atoms with Crippen LogP contribution in [0.2, 0.25) is 5.02 Å². The predicted octanol–water partition coefficient (Wildman–Crippen LogP) is 3.22. The maximum absolute atomic E-state index is 13.0. The fraction of sp³-hybridized carbons (Fsp3) is 0.118. The number of benzene rings is 2. The number of amides is 1. The maximum atomic E-state index is 13.0. The Bertz CT molecular complexity index is 971. The first-order valence-electron chi connectivity index (χ1n) is 7.23. The van der Waals surface area contributed by atoms with Gasteiger partial charge in [-0.05, 0) is 30.3 Å². The summed E-state index contributed by atoms with van der Waals surface area (Å²) in [4.78, 5) is 28.5. The van der Waals surface area contributed by atoms with E-state index in [-0.39, 0.29) is 29.5 Å². The maximum Gasteiger partial charge on any atom is 0.261 e. The van der Waals surface area contributed by atoms with Crippen molar-refractivity contribution in [2.24, 2.45) is 0 Å². The summed E-state index contributed by atoms with van der Waals surface area (Å²) in [5, 5.41) is 3.21. The highest BCUT2D eigenvalue weighted by atomic mass is 35.5. The zero-order chi connectivity index (χ0) is 17.1. The minimum atomic E-state index is -0.480. The van der Waals surface area contributed by atoms with Crippen molar-refractivity contribution in [3.63, 3.8) is 0 Å². The van der Waals surface area contributed by atoms with Crippen LogP contribution in [0.1, 0.15) is 6.42 Å². The van der Waals surface area contributed by atoms with E-state index >= 15 is 0 Å². The molecule has 1 heterocycles. The molecule has 2 aromatic carbocycles. The highest BCUT2D eigenvalue weighted by molar-refractivity contribution is 6.33. The van der Waals surface area contributed by atoms with Gasteiger partial charge in [-0.2, -0.15) is 0 Å². The van der Waals surface area contributed by atoms with Crippen molar-refractivity contribution in [3.8, 4) is 0 Å². The molecule has 1 N–H and O–H groups in total. The second-order valence-corrected chi connectivity index (χ2v) is 5.59. The van der Waals surface area contributed by atoms with E-state index in [0.29, 0.717) is 16.6 Å². The van der Waals surface area contributed by atoms with Crippen LogP contribution in [0.3, 0.4) is 0 Å². The van der Waals surface area contributed by atoms with E-state index in [0.717, 1.165) is 6.07 Å². The Morgan fingerprint density at radius 3 is 2.83 bits per heavy atom. The Hall–Kier alpha value is -2.73. The zero-order valence-electron chi connectivity index (χ0n) is 12.5. The van der Waals surface area contributed by atoms with Gasteiger partial charge in [0.2, 0.25) is 5.91 Å². The number of hydrogen-bond acceptors (Lipinski definition) is 3. The molecule has 122 valence electrons. The number of nitrogens with one attached hydrogen (secondary N) is 1. The highest BCUT2D eigenvalue weighted by Gasteiger charge is 2.09. The van der Waals surface area contributed by atoms with Gasteiger partial charge < -0.3 is 5.32 Å². The van der Waals surface area contributed by atoms with Crippen molar-refractivity contribution >= 4 is 34.1 Å². The standard InChI is InChI=1S/C17H13ClFN3O2/c18-13-9-11(19)5-6-15(13)21-16(23)7-8-22-10-20-14-4-2-1-3-12(14)17(22)24/h1-6,9-10H,7-8H2,(H,21,23). The first kappa shape index (κ1) is 16.1. The van der Waals surface area contributed by atoms with Crippen LogP contribution >= 0.6 is 11.6 Å². The summed E-state index contributed by atoms with van der Waals surface area (Å²) in [7, 11) is 0. The highest BCUT2D eigenvalue weighted by Crippen LogP contribution is 2.22.